The Morgan fingerprint density at radius 2 is 1.77 bits per heavy atom. The fourth-order valence-corrected chi connectivity index (χ4v) is 2.30. The standard InChI is InChI=1S/C16H12ClF3O2/c1-10(21)12-7-8-13(15(17)14(12)16(18,19)20)22-9-11-5-3-2-4-6-11/h2-8H,9H2,1H3. The van der Waals surface area contributed by atoms with E-state index in [1.165, 1.54) is 6.07 Å². The molecular formula is C16H12ClF3O2. The van der Waals surface area contributed by atoms with Crippen LogP contribution in [0.2, 0.25) is 5.02 Å². The van der Waals surface area contributed by atoms with Crippen LogP contribution in [0.15, 0.2) is 42.5 Å². The predicted molar refractivity (Wildman–Crippen MR) is 77.2 cm³/mol. The molecule has 0 aliphatic heterocycles. The van der Waals surface area contributed by atoms with Gasteiger partial charge >= 0.3 is 6.18 Å². The van der Waals surface area contributed by atoms with Gasteiger partial charge in [0.2, 0.25) is 0 Å². The molecule has 0 unspecified atom stereocenters. The van der Waals surface area contributed by atoms with E-state index in [4.69, 9.17) is 16.3 Å². The number of benzene rings is 2. The summed E-state index contributed by atoms with van der Waals surface area (Å²) >= 11 is 5.81. The van der Waals surface area contributed by atoms with Gasteiger partial charge in [-0.05, 0) is 24.6 Å². The van der Waals surface area contributed by atoms with E-state index in [9.17, 15) is 18.0 Å². The molecule has 0 amide bonds. The van der Waals surface area contributed by atoms with E-state index in [1.807, 2.05) is 6.07 Å². The minimum atomic E-state index is -4.73. The van der Waals surface area contributed by atoms with Gasteiger partial charge in [-0.25, -0.2) is 0 Å². The van der Waals surface area contributed by atoms with Gasteiger partial charge in [0, 0.05) is 5.56 Å². The molecule has 6 heteroatoms. The Bertz CT molecular complexity index is 682. The summed E-state index contributed by atoms with van der Waals surface area (Å²) < 4.78 is 44.7. The second-order valence-corrected chi connectivity index (χ2v) is 5.01. The van der Waals surface area contributed by atoms with E-state index in [-0.39, 0.29) is 12.4 Å². The molecule has 0 heterocycles. The van der Waals surface area contributed by atoms with Crippen LogP contribution in [0.25, 0.3) is 0 Å². The lowest BCUT2D eigenvalue weighted by Gasteiger charge is -2.16. The molecule has 0 saturated carbocycles. The normalized spacial score (nSPS) is 11.3. The zero-order valence-electron chi connectivity index (χ0n) is 11.6. The summed E-state index contributed by atoms with van der Waals surface area (Å²) in [6, 6.07) is 11.3. The first-order valence-electron chi connectivity index (χ1n) is 6.38. The number of carbonyl (C=O) groups is 1. The van der Waals surface area contributed by atoms with Crippen molar-refractivity contribution in [2.45, 2.75) is 19.7 Å². The third-order valence-electron chi connectivity index (χ3n) is 3.01. The van der Waals surface area contributed by atoms with E-state index < -0.39 is 28.1 Å². The smallest absolute Gasteiger partial charge is 0.418 e. The molecule has 0 fully saturated rings. The number of alkyl halides is 3. The molecule has 0 radical (unpaired) electrons. The maximum atomic E-state index is 13.1. The van der Waals surface area contributed by atoms with Crippen LogP contribution in [-0.2, 0) is 12.8 Å². The van der Waals surface area contributed by atoms with Crippen LogP contribution in [0.4, 0.5) is 13.2 Å². The Morgan fingerprint density at radius 3 is 2.32 bits per heavy atom. The second kappa shape index (κ2) is 6.40. The van der Waals surface area contributed by atoms with Gasteiger partial charge in [-0.15, -0.1) is 0 Å². The van der Waals surface area contributed by atoms with E-state index in [0.29, 0.717) is 0 Å². The van der Waals surface area contributed by atoms with Crippen LogP contribution in [-0.4, -0.2) is 5.78 Å². The Kier molecular flexibility index (Phi) is 4.76. The van der Waals surface area contributed by atoms with E-state index in [0.717, 1.165) is 18.6 Å². The number of halogens is 4. The maximum absolute atomic E-state index is 13.1. The summed E-state index contributed by atoms with van der Waals surface area (Å²) in [4.78, 5) is 11.4. The third kappa shape index (κ3) is 3.60. The molecule has 2 aromatic rings. The van der Waals surface area contributed by atoms with Crippen molar-refractivity contribution in [1.29, 1.82) is 0 Å². The number of ketones is 1. The van der Waals surface area contributed by atoms with Crippen molar-refractivity contribution in [3.8, 4) is 5.75 Å². The molecule has 0 saturated heterocycles. The summed E-state index contributed by atoms with van der Waals surface area (Å²) in [5.74, 6) is -0.813. The zero-order valence-corrected chi connectivity index (χ0v) is 12.3. The molecular weight excluding hydrogens is 317 g/mol. The molecule has 0 bridgehead atoms. The van der Waals surface area contributed by atoms with Crippen LogP contribution in [0.1, 0.15) is 28.4 Å². The number of hydrogen-bond donors (Lipinski definition) is 0. The molecule has 2 aromatic carbocycles. The topological polar surface area (TPSA) is 26.3 Å². The minimum absolute atomic E-state index is 0.0806. The molecule has 2 rings (SSSR count). The molecule has 0 atom stereocenters. The first-order valence-corrected chi connectivity index (χ1v) is 6.76. The zero-order chi connectivity index (χ0) is 16.3. The lowest BCUT2D eigenvalue weighted by molar-refractivity contribution is -0.137. The van der Waals surface area contributed by atoms with Gasteiger partial charge in [0.1, 0.15) is 12.4 Å². The first kappa shape index (κ1) is 16.4. The maximum Gasteiger partial charge on any atom is 0.418 e. The van der Waals surface area contributed by atoms with Crippen molar-refractivity contribution in [1.82, 2.24) is 0 Å². The molecule has 0 N–H and O–H groups in total. The summed E-state index contributed by atoms with van der Waals surface area (Å²) in [6.07, 6.45) is -4.73. The Balaban J connectivity index is 2.36. The average Bonchev–Trinajstić information content (AvgIpc) is 2.45. The van der Waals surface area contributed by atoms with Gasteiger partial charge in [-0.1, -0.05) is 41.9 Å². The number of ether oxygens (including phenoxy) is 1. The number of hydrogen-bond acceptors (Lipinski definition) is 2. The monoisotopic (exact) mass is 328 g/mol. The summed E-state index contributed by atoms with van der Waals surface area (Å²) in [7, 11) is 0. The van der Waals surface area contributed by atoms with Crippen LogP contribution in [0.3, 0.4) is 0 Å². The fraction of sp³-hybridized carbons (Fsp3) is 0.188. The number of carbonyl (C=O) groups excluding carboxylic acids is 1. The highest BCUT2D eigenvalue weighted by Gasteiger charge is 2.38. The summed E-state index contributed by atoms with van der Waals surface area (Å²) in [5.41, 5.74) is -0.834. The van der Waals surface area contributed by atoms with Crippen LogP contribution in [0, 0.1) is 0 Å². The molecule has 0 aliphatic rings. The van der Waals surface area contributed by atoms with Crippen LogP contribution in [0.5, 0.6) is 5.75 Å². The summed E-state index contributed by atoms with van der Waals surface area (Å²) in [5, 5.41) is -0.601. The first-order chi connectivity index (χ1) is 10.3. The van der Waals surface area contributed by atoms with Gasteiger partial charge in [0.15, 0.2) is 5.78 Å². The molecule has 0 aliphatic carbocycles. The molecule has 2 nitrogen and oxygen atoms in total. The Labute approximate surface area is 130 Å². The van der Waals surface area contributed by atoms with Crippen molar-refractivity contribution < 1.29 is 22.7 Å². The van der Waals surface area contributed by atoms with Crippen LogP contribution < -0.4 is 4.74 Å². The highest BCUT2D eigenvalue weighted by molar-refractivity contribution is 6.33. The lowest BCUT2D eigenvalue weighted by atomic mass is 10.0. The van der Waals surface area contributed by atoms with Crippen molar-refractivity contribution >= 4 is 17.4 Å². The predicted octanol–water partition coefficient (Wildman–Crippen LogP) is 5.14. The van der Waals surface area contributed by atoms with E-state index in [1.54, 1.807) is 24.3 Å². The summed E-state index contributed by atoms with van der Waals surface area (Å²) in [6.45, 7) is 1.14. The molecule has 116 valence electrons. The SMILES string of the molecule is CC(=O)c1ccc(OCc2ccccc2)c(Cl)c1C(F)(F)F. The third-order valence-corrected chi connectivity index (χ3v) is 3.38. The van der Waals surface area contributed by atoms with Crippen molar-refractivity contribution in [3.63, 3.8) is 0 Å². The average molecular weight is 329 g/mol. The molecule has 0 spiro atoms. The number of Topliss-reactive ketones (excluding diaryl/α,β-unsaturated/α-hetero) is 1. The fourth-order valence-electron chi connectivity index (χ4n) is 1.97. The Morgan fingerprint density at radius 1 is 1.14 bits per heavy atom. The van der Waals surface area contributed by atoms with Crippen molar-refractivity contribution in [2.24, 2.45) is 0 Å². The van der Waals surface area contributed by atoms with Gasteiger partial charge in [0.05, 0.1) is 10.6 Å². The van der Waals surface area contributed by atoms with Gasteiger partial charge in [-0.2, -0.15) is 13.2 Å². The van der Waals surface area contributed by atoms with Gasteiger partial charge in [0.25, 0.3) is 0 Å². The highest BCUT2D eigenvalue weighted by Crippen LogP contribution is 2.42. The van der Waals surface area contributed by atoms with Crippen molar-refractivity contribution in [2.75, 3.05) is 0 Å². The minimum Gasteiger partial charge on any atom is -0.487 e. The van der Waals surface area contributed by atoms with Gasteiger partial charge in [-0.3, -0.25) is 4.79 Å². The Hall–Kier alpha value is -2.01. The number of rotatable bonds is 4. The highest BCUT2D eigenvalue weighted by atomic mass is 35.5. The van der Waals surface area contributed by atoms with Crippen LogP contribution >= 0.6 is 11.6 Å². The van der Waals surface area contributed by atoms with E-state index >= 15 is 0 Å². The van der Waals surface area contributed by atoms with Crippen molar-refractivity contribution in [3.05, 3.63) is 64.2 Å². The largest absolute Gasteiger partial charge is 0.487 e. The second-order valence-electron chi connectivity index (χ2n) is 4.63. The molecule has 0 aromatic heterocycles. The quantitative estimate of drug-likeness (QED) is 0.726. The molecule has 22 heavy (non-hydrogen) atoms. The lowest BCUT2D eigenvalue weighted by Crippen LogP contribution is -2.13. The van der Waals surface area contributed by atoms with Gasteiger partial charge < -0.3 is 4.74 Å². The van der Waals surface area contributed by atoms with E-state index in [2.05, 4.69) is 0 Å².